The first-order valence-electron chi connectivity index (χ1n) is 5.71. The molecule has 0 bridgehead atoms. The van der Waals surface area contributed by atoms with E-state index in [0.29, 0.717) is 22.6 Å². The van der Waals surface area contributed by atoms with Gasteiger partial charge in [0, 0.05) is 24.3 Å². The fourth-order valence-electron chi connectivity index (χ4n) is 1.90. The van der Waals surface area contributed by atoms with Crippen molar-refractivity contribution in [2.75, 3.05) is 11.4 Å². The van der Waals surface area contributed by atoms with Crippen LogP contribution in [0.3, 0.4) is 0 Å². The maximum absolute atomic E-state index is 10.8. The number of rotatable bonds is 5. The van der Waals surface area contributed by atoms with Crippen molar-refractivity contribution in [1.29, 1.82) is 5.26 Å². The highest BCUT2D eigenvalue weighted by molar-refractivity contribution is 14.1. The molecule has 0 N–H and O–H groups in total. The van der Waals surface area contributed by atoms with Gasteiger partial charge >= 0.3 is 0 Å². The van der Waals surface area contributed by atoms with Crippen LogP contribution in [-0.2, 0) is 0 Å². The molecule has 0 spiro atoms. The highest BCUT2D eigenvalue weighted by atomic mass is 127. The topological polar surface area (TPSA) is 70.2 Å². The molecule has 94 valence electrons. The molecule has 0 atom stereocenters. The average Bonchev–Trinajstić information content (AvgIpc) is 3.13. The molecule has 0 radical (unpaired) electrons. The van der Waals surface area contributed by atoms with E-state index >= 15 is 0 Å². The van der Waals surface area contributed by atoms with Crippen LogP contribution in [0, 0.1) is 25.0 Å². The number of hydrogen-bond acceptors (Lipinski definition) is 4. The number of benzene rings is 1. The van der Waals surface area contributed by atoms with Crippen molar-refractivity contribution < 1.29 is 4.92 Å². The van der Waals surface area contributed by atoms with Gasteiger partial charge in [-0.25, -0.2) is 0 Å². The number of nitro groups is 1. The third-order valence-electron chi connectivity index (χ3n) is 2.91. The Morgan fingerprint density at radius 2 is 2.28 bits per heavy atom. The first-order chi connectivity index (χ1) is 8.63. The van der Waals surface area contributed by atoms with Crippen molar-refractivity contribution in [3.8, 4) is 6.07 Å². The summed E-state index contributed by atoms with van der Waals surface area (Å²) in [6.45, 7) is 0.690. The van der Waals surface area contributed by atoms with Crippen LogP contribution in [0.1, 0.15) is 19.3 Å². The molecule has 0 heterocycles. The summed E-state index contributed by atoms with van der Waals surface area (Å²) >= 11 is 1.98. The van der Waals surface area contributed by atoms with E-state index in [1.165, 1.54) is 0 Å². The number of nitrogens with zero attached hydrogens (tertiary/aromatic N) is 3. The van der Waals surface area contributed by atoms with E-state index in [9.17, 15) is 10.1 Å². The summed E-state index contributed by atoms with van der Waals surface area (Å²) in [5, 5.41) is 19.4. The predicted molar refractivity (Wildman–Crippen MR) is 76.4 cm³/mol. The van der Waals surface area contributed by atoms with E-state index in [1.54, 1.807) is 12.1 Å². The minimum absolute atomic E-state index is 0.135. The maximum Gasteiger partial charge on any atom is 0.282 e. The molecule has 0 amide bonds. The standard InChI is InChI=1S/C12H12IN3O2/c13-11-8-10(4-5-12(11)16(17)18)15(7-1-6-14)9-2-3-9/h4-5,8-9H,1-3,7H2. The lowest BCUT2D eigenvalue weighted by molar-refractivity contribution is -0.385. The minimum atomic E-state index is -0.373. The molecule has 1 saturated carbocycles. The SMILES string of the molecule is N#CCCN(c1ccc([N+](=O)[O-])c(I)c1)C1CC1. The summed E-state index contributed by atoms with van der Waals surface area (Å²) < 4.78 is 0.637. The molecule has 5 nitrogen and oxygen atoms in total. The maximum atomic E-state index is 10.8. The Labute approximate surface area is 119 Å². The van der Waals surface area contributed by atoms with Crippen LogP contribution in [0.5, 0.6) is 0 Å². The van der Waals surface area contributed by atoms with Gasteiger partial charge < -0.3 is 4.90 Å². The van der Waals surface area contributed by atoms with Gasteiger partial charge in [-0.2, -0.15) is 5.26 Å². The van der Waals surface area contributed by atoms with Crippen molar-refractivity contribution in [2.24, 2.45) is 0 Å². The van der Waals surface area contributed by atoms with Gasteiger partial charge in [0.15, 0.2) is 0 Å². The Kier molecular flexibility index (Phi) is 4.01. The number of halogens is 1. The summed E-state index contributed by atoms with van der Waals surface area (Å²) in [7, 11) is 0. The summed E-state index contributed by atoms with van der Waals surface area (Å²) in [5.74, 6) is 0. The molecular formula is C12H12IN3O2. The zero-order chi connectivity index (χ0) is 13.1. The van der Waals surface area contributed by atoms with Crippen molar-refractivity contribution in [2.45, 2.75) is 25.3 Å². The van der Waals surface area contributed by atoms with Gasteiger partial charge in [0.1, 0.15) is 0 Å². The normalized spacial score (nSPS) is 14.0. The van der Waals surface area contributed by atoms with Gasteiger partial charge in [-0.05, 0) is 47.6 Å². The molecule has 1 aliphatic carbocycles. The van der Waals surface area contributed by atoms with E-state index < -0.39 is 0 Å². The van der Waals surface area contributed by atoms with Crippen LogP contribution in [0.15, 0.2) is 18.2 Å². The molecule has 2 rings (SSSR count). The molecule has 0 saturated heterocycles. The van der Waals surface area contributed by atoms with Crippen molar-refractivity contribution >= 4 is 34.0 Å². The lowest BCUT2D eigenvalue weighted by atomic mass is 10.2. The van der Waals surface area contributed by atoms with Gasteiger partial charge in [0.25, 0.3) is 5.69 Å². The molecule has 1 aromatic carbocycles. The summed E-state index contributed by atoms with van der Waals surface area (Å²) in [4.78, 5) is 12.6. The quantitative estimate of drug-likeness (QED) is 0.461. The fourth-order valence-corrected chi connectivity index (χ4v) is 2.60. The molecule has 1 aliphatic rings. The molecule has 0 unspecified atom stereocenters. The van der Waals surface area contributed by atoms with Crippen molar-refractivity contribution in [3.63, 3.8) is 0 Å². The van der Waals surface area contributed by atoms with E-state index in [2.05, 4.69) is 11.0 Å². The smallest absolute Gasteiger partial charge is 0.282 e. The van der Waals surface area contributed by atoms with Crippen LogP contribution < -0.4 is 4.90 Å². The first-order valence-corrected chi connectivity index (χ1v) is 6.79. The predicted octanol–water partition coefficient (Wildman–Crippen LogP) is 3.08. The van der Waals surface area contributed by atoms with Crippen molar-refractivity contribution in [3.05, 3.63) is 31.9 Å². The van der Waals surface area contributed by atoms with Crippen LogP contribution in [-0.4, -0.2) is 17.5 Å². The Balaban J connectivity index is 2.23. The van der Waals surface area contributed by atoms with E-state index in [1.807, 2.05) is 28.7 Å². The van der Waals surface area contributed by atoms with Crippen LogP contribution in [0.4, 0.5) is 11.4 Å². The minimum Gasteiger partial charge on any atom is -0.367 e. The molecule has 18 heavy (non-hydrogen) atoms. The zero-order valence-corrected chi connectivity index (χ0v) is 11.8. The second-order valence-corrected chi connectivity index (χ2v) is 5.39. The Morgan fingerprint density at radius 1 is 1.56 bits per heavy atom. The highest BCUT2D eigenvalue weighted by Crippen LogP contribution is 2.34. The largest absolute Gasteiger partial charge is 0.367 e. The van der Waals surface area contributed by atoms with Gasteiger partial charge in [0.2, 0.25) is 0 Å². The summed E-state index contributed by atoms with van der Waals surface area (Å²) in [6.07, 6.45) is 2.75. The average molecular weight is 357 g/mol. The molecule has 6 heteroatoms. The third kappa shape index (κ3) is 2.90. The molecule has 1 aromatic rings. The molecule has 0 aromatic heterocycles. The monoisotopic (exact) mass is 357 g/mol. The lowest BCUT2D eigenvalue weighted by Crippen LogP contribution is -2.26. The zero-order valence-electron chi connectivity index (χ0n) is 9.67. The second kappa shape index (κ2) is 5.52. The summed E-state index contributed by atoms with van der Waals surface area (Å²) in [5.41, 5.74) is 1.11. The Morgan fingerprint density at radius 3 is 2.78 bits per heavy atom. The fraction of sp³-hybridized carbons (Fsp3) is 0.417. The molecular weight excluding hydrogens is 345 g/mol. The van der Waals surface area contributed by atoms with Gasteiger partial charge in [0.05, 0.1) is 21.0 Å². The van der Waals surface area contributed by atoms with Crippen LogP contribution >= 0.6 is 22.6 Å². The molecule has 0 aliphatic heterocycles. The van der Waals surface area contributed by atoms with Gasteiger partial charge in [-0.1, -0.05) is 0 Å². The summed E-state index contributed by atoms with van der Waals surface area (Å²) in [6, 6.07) is 7.78. The Bertz CT molecular complexity index is 509. The van der Waals surface area contributed by atoms with Crippen LogP contribution in [0.25, 0.3) is 0 Å². The van der Waals surface area contributed by atoms with Crippen LogP contribution in [0.2, 0.25) is 0 Å². The first kappa shape index (κ1) is 13.1. The second-order valence-electron chi connectivity index (χ2n) is 4.23. The number of anilines is 1. The van der Waals surface area contributed by atoms with Gasteiger partial charge in [-0.3, -0.25) is 10.1 Å². The van der Waals surface area contributed by atoms with Crippen molar-refractivity contribution in [1.82, 2.24) is 0 Å². The number of nitriles is 1. The molecule has 1 fully saturated rings. The lowest BCUT2D eigenvalue weighted by Gasteiger charge is -2.23. The third-order valence-corrected chi connectivity index (χ3v) is 3.78. The van der Waals surface area contributed by atoms with E-state index in [-0.39, 0.29) is 10.6 Å². The van der Waals surface area contributed by atoms with E-state index in [0.717, 1.165) is 18.5 Å². The highest BCUT2D eigenvalue weighted by Gasteiger charge is 2.29. The van der Waals surface area contributed by atoms with E-state index in [4.69, 9.17) is 5.26 Å². The number of hydrogen-bond donors (Lipinski definition) is 0. The Hall–Kier alpha value is -1.36. The van der Waals surface area contributed by atoms with Gasteiger partial charge in [-0.15, -0.1) is 0 Å². The number of nitro benzene ring substituents is 1.